The van der Waals surface area contributed by atoms with E-state index in [0.29, 0.717) is 46.0 Å². The molecular formula is C34H31BrCl2N2O5. The predicted molar refractivity (Wildman–Crippen MR) is 176 cm³/mol. The van der Waals surface area contributed by atoms with Gasteiger partial charge in [-0.05, 0) is 77.4 Å². The molecule has 228 valence electrons. The van der Waals surface area contributed by atoms with E-state index in [1.54, 1.807) is 25.3 Å². The van der Waals surface area contributed by atoms with Crippen molar-refractivity contribution in [1.82, 2.24) is 5.32 Å². The van der Waals surface area contributed by atoms with E-state index in [9.17, 15) is 4.79 Å². The molecule has 0 saturated heterocycles. The van der Waals surface area contributed by atoms with E-state index in [0.717, 1.165) is 21.2 Å². The van der Waals surface area contributed by atoms with E-state index in [-0.39, 0.29) is 25.5 Å². The number of rotatable bonds is 12. The summed E-state index contributed by atoms with van der Waals surface area (Å²) in [7, 11) is 1.60. The van der Waals surface area contributed by atoms with E-state index >= 15 is 0 Å². The average Bonchev–Trinajstić information content (AvgIpc) is 3.42. The summed E-state index contributed by atoms with van der Waals surface area (Å²) in [5, 5.41) is 13.1. The molecule has 7 nitrogen and oxygen atoms in total. The van der Waals surface area contributed by atoms with Gasteiger partial charge in [-0.3, -0.25) is 4.79 Å². The number of carbonyl (C=O) groups excluding carboxylic acids is 1. The zero-order chi connectivity index (χ0) is 31.1. The zero-order valence-corrected chi connectivity index (χ0v) is 27.0. The van der Waals surface area contributed by atoms with E-state index in [2.05, 4.69) is 21.2 Å². The molecule has 5 rings (SSSR count). The summed E-state index contributed by atoms with van der Waals surface area (Å²) >= 11 is 16.0. The van der Waals surface area contributed by atoms with Gasteiger partial charge in [-0.15, -0.1) is 0 Å². The number of aliphatic hydroxyl groups excluding tert-OH is 1. The SMILES string of the molecule is COc1cccc([C@H]2OC(c3ccc(OCCCO)cc3)=N[C@@]2(Cc2ccc(Br)cc2)C(=O)NCc2ccc(Cl)cc2Cl)c1. The number of nitrogens with one attached hydrogen (secondary N) is 1. The number of amides is 1. The van der Waals surface area contributed by atoms with Gasteiger partial charge in [0.05, 0.1) is 13.7 Å². The van der Waals surface area contributed by atoms with Crippen LogP contribution in [0.15, 0.2) is 100 Å². The minimum atomic E-state index is -1.38. The lowest BCUT2D eigenvalue weighted by molar-refractivity contribution is -0.129. The van der Waals surface area contributed by atoms with Gasteiger partial charge < -0.3 is 24.6 Å². The maximum atomic E-state index is 14.5. The summed E-state index contributed by atoms with van der Waals surface area (Å²) in [5.41, 5.74) is 1.68. The highest BCUT2D eigenvalue weighted by molar-refractivity contribution is 9.10. The minimum absolute atomic E-state index is 0.0567. The van der Waals surface area contributed by atoms with Gasteiger partial charge in [0.2, 0.25) is 5.90 Å². The maximum absolute atomic E-state index is 14.5. The Balaban J connectivity index is 1.57. The van der Waals surface area contributed by atoms with Gasteiger partial charge in [-0.25, -0.2) is 4.99 Å². The molecule has 44 heavy (non-hydrogen) atoms. The summed E-state index contributed by atoms with van der Waals surface area (Å²) in [6.45, 7) is 0.632. The number of carbonyl (C=O) groups is 1. The first-order valence-electron chi connectivity index (χ1n) is 14.0. The predicted octanol–water partition coefficient (Wildman–Crippen LogP) is 7.34. The molecule has 0 aromatic heterocycles. The molecule has 1 aliphatic heterocycles. The number of methoxy groups -OCH3 is 1. The molecule has 1 aliphatic rings. The molecular weight excluding hydrogens is 667 g/mol. The third kappa shape index (κ3) is 7.38. The molecule has 4 aromatic carbocycles. The summed E-state index contributed by atoms with van der Waals surface area (Å²) < 4.78 is 18.7. The van der Waals surface area contributed by atoms with E-state index < -0.39 is 11.6 Å². The summed E-state index contributed by atoms with van der Waals surface area (Å²) in [6, 6.07) is 27.8. The molecule has 10 heteroatoms. The van der Waals surface area contributed by atoms with Crippen molar-refractivity contribution >= 4 is 50.9 Å². The molecule has 4 aromatic rings. The standard InChI is InChI=1S/C34H31BrCl2N2O5/c1-42-29-5-2-4-24(18-29)31-34(20-22-6-11-26(35)12-7-22,33(41)38-21-25-8-13-27(36)19-30(25)37)39-32(44-31)23-9-14-28(15-10-23)43-17-3-16-40/h2,4-15,18-19,31,40H,3,16-17,20-21H2,1H3,(H,38,41)/t31-,34-/m1/s1. The molecule has 0 spiro atoms. The molecule has 0 saturated carbocycles. The van der Waals surface area contributed by atoms with Crippen molar-refractivity contribution in [3.05, 3.63) is 128 Å². The number of hydrogen-bond acceptors (Lipinski definition) is 6. The first-order chi connectivity index (χ1) is 21.3. The van der Waals surface area contributed by atoms with Gasteiger partial charge in [-0.2, -0.15) is 0 Å². The highest BCUT2D eigenvalue weighted by Gasteiger charge is 2.53. The maximum Gasteiger partial charge on any atom is 0.252 e. The lowest BCUT2D eigenvalue weighted by Crippen LogP contribution is -2.49. The van der Waals surface area contributed by atoms with Gasteiger partial charge in [-0.1, -0.05) is 69.5 Å². The van der Waals surface area contributed by atoms with Crippen LogP contribution in [0.4, 0.5) is 0 Å². The van der Waals surface area contributed by atoms with Crippen LogP contribution in [-0.2, 0) is 22.5 Å². The number of benzene rings is 4. The van der Waals surface area contributed by atoms with Crippen LogP contribution >= 0.6 is 39.1 Å². The topological polar surface area (TPSA) is 89.4 Å². The monoisotopic (exact) mass is 696 g/mol. The highest BCUT2D eigenvalue weighted by atomic mass is 79.9. The number of nitrogens with zero attached hydrogens (tertiary/aromatic N) is 1. The Morgan fingerprint density at radius 3 is 2.50 bits per heavy atom. The van der Waals surface area contributed by atoms with Crippen molar-refractivity contribution in [1.29, 1.82) is 0 Å². The van der Waals surface area contributed by atoms with Crippen molar-refractivity contribution in [2.24, 2.45) is 4.99 Å². The van der Waals surface area contributed by atoms with Crippen LogP contribution in [0.2, 0.25) is 10.0 Å². The summed E-state index contributed by atoms with van der Waals surface area (Å²) in [5.74, 6) is 1.30. The number of aliphatic imine (C=N–C) groups is 1. The molecule has 0 unspecified atom stereocenters. The van der Waals surface area contributed by atoms with Crippen LogP contribution in [-0.4, -0.2) is 42.8 Å². The lowest BCUT2D eigenvalue weighted by Gasteiger charge is -2.31. The first kappa shape index (κ1) is 31.9. The van der Waals surface area contributed by atoms with Crippen molar-refractivity contribution in [3.8, 4) is 11.5 Å². The van der Waals surface area contributed by atoms with E-state index in [4.69, 9.17) is 47.5 Å². The molecule has 1 amide bonds. The molecule has 0 radical (unpaired) electrons. The Bertz CT molecular complexity index is 1630. The van der Waals surface area contributed by atoms with E-state index in [1.165, 1.54) is 0 Å². The van der Waals surface area contributed by atoms with Crippen LogP contribution in [0.25, 0.3) is 0 Å². The fraction of sp³-hybridized carbons (Fsp3) is 0.235. The van der Waals surface area contributed by atoms with Gasteiger partial charge in [0.25, 0.3) is 5.91 Å². The molecule has 2 N–H and O–H groups in total. The van der Waals surface area contributed by atoms with Crippen molar-refractivity contribution in [2.45, 2.75) is 31.0 Å². The van der Waals surface area contributed by atoms with Gasteiger partial charge >= 0.3 is 0 Å². The zero-order valence-electron chi connectivity index (χ0n) is 23.9. The van der Waals surface area contributed by atoms with Crippen LogP contribution in [0, 0.1) is 0 Å². The van der Waals surface area contributed by atoms with Gasteiger partial charge in [0.15, 0.2) is 11.6 Å². The molecule has 1 heterocycles. The van der Waals surface area contributed by atoms with Gasteiger partial charge in [0.1, 0.15) is 11.5 Å². The fourth-order valence-electron chi connectivity index (χ4n) is 4.99. The van der Waals surface area contributed by atoms with Crippen molar-refractivity contribution in [3.63, 3.8) is 0 Å². The number of ether oxygens (including phenoxy) is 3. The third-order valence-corrected chi connectivity index (χ3v) is 8.38. The van der Waals surface area contributed by atoms with Crippen LogP contribution in [0.3, 0.4) is 0 Å². The van der Waals surface area contributed by atoms with Crippen LogP contribution < -0.4 is 14.8 Å². The average molecular weight is 698 g/mol. The second-order valence-corrected chi connectivity index (χ2v) is 12.0. The van der Waals surface area contributed by atoms with Gasteiger partial charge in [0, 0.05) is 46.1 Å². The van der Waals surface area contributed by atoms with Crippen LogP contribution in [0.1, 0.15) is 34.8 Å². The first-order valence-corrected chi connectivity index (χ1v) is 15.6. The van der Waals surface area contributed by atoms with Crippen LogP contribution in [0.5, 0.6) is 11.5 Å². The van der Waals surface area contributed by atoms with E-state index in [1.807, 2.05) is 72.8 Å². The Morgan fingerprint density at radius 2 is 1.80 bits per heavy atom. The molecule has 0 bridgehead atoms. The Labute approximate surface area is 274 Å². The number of hydrogen-bond donors (Lipinski definition) is 2. The third-order valence-electron chi connectivity index (χ3n) is 7.27. The Kier molecular flexibility index (Phi) is 10.5. The molecule has 0 fully saturated rings. The number of aliphatic hydroxyl groups is 1. The largest absolute Gasteiger partial charge is 0.497 e. The highest BCUT2D eigenvalue weighted by Crippen LogP contribution is 2.43. The minimum Gasteiger partial charge on any atom is -0.497 e. The Morgan fingerprint density at radius 1 is 1.02 bits per heavy atom. The Hall–Kier alpha value is -3.56. The smallest absolute Gasteiger partial charge is 0.252 e. The van der Waals surface area contributed by atoms with Crippen molar-refractivity contribution < 1.29 is 24.1 Å². The summed E-state index contributed by atoms with van der Waals surface area (Å²) in [6.07, 6.45) is 0.0144. The summed E-state index contributed by atoms with van der Waals surface area (Å²) in [4.78, 5) is 19.5. The second kappa shape index (κ2) is 14.5. The normalized spacial score (nSPS) is 17.5. The fourth-order valence-corrected chi connectivity index (χ4v) is 5.73. The van der Waals surface area contributed by atoms with Crippen molar-refractivity contribution in [2.75, 3.05) is 20.3 Å². The second-order valence-electron chi connectivity index (χ2n) is 10.3. The number of halogens is 3. The lowest BCUT2D eigenvalue weighted by atomic mass is 9.82. The molecule has 2 atom stereocenters. The quantitative estimate of drug-likeness (QED) is 0.151. The molecule has 0 aliphatic carbocycles.